The maximum Gasteiger partial charge on any atom is 0.408 e. The number of ether oxygens (including phenoxy) is 1. The SMILES string of the molecule is Cc1ccc(C2(CN)CNC(=O)O2)c(C)c1. The molecule has 4 heteroatoms. The normalized spacial score (nSPS) is 24.1. The topological polar surface area (TPSA) is 64.3 Å². The molecule has 0 saturated carbocycles. The summed E-state index contributed by atoms with van der Waals surface area (Å²) in [5.41, 5.74) is 8.32. The van der Waals surface area contributed by atoms with Crippen molar-refractivity contribution in [2.75, 3.05) is 13.1 Å². The van der Waals surface area contributed by atoms with Gasteiger partial charge in [0.1, 0.15) is 0 Å². The van der Waals surface area contributed by atoms with Crippen LogP contribution >= 0.6 is 0 Å². The Morgan fingerprint density at radius 2 is 2.25 bits per heavy atom. The fourth-order valence-corrected chi connectivity index (χ4v) is 2.16. The van der Waals surface area contributed by atoms with E-state index in [1.54, 1.807) is 0 Å². The molecule has 1 heterocycles. The Hall–Kier alpha value is -1.55. The summed E-state index contributed by atoms with van der Waals surface area (Å²) in [5, 5.41) is 2.66. The summed E-state index contributed by atoms with van der Waals surface area (Å²) in [4.78, 5) is 11.2. The Morgan fingerprint density at radius 1 is 1.50 bits per heavy atom. The lowest BCUT2D eigenvalue weighted by atomic mass is 9.89. The first-order chi connectivity index (χ1) is 7.57. The molecule has 1 saturated heterocycles. The van der Waals surface area contributed by atoms with Crippen LogP contribution in [0.15, 0.2) is 18.2 Å². The van der Waals surface area contributed by atoms with Crippen LogP contribution in [0.1, 0.15) is 16.7 Å². The van der Waals surface area contributed by atoms with Crippen LogP contribution < -0.4 is 11.1 Å². The minimum Gasteiger partial charge on any atom is -0.435 e. The molecule has 0 bridgehead atoms. The van der Waals surface area contributed by atoms with E-state index in [1.807, 2.05) is 26.0 Å². The van der Waals surface area contributed by atoms with Crippen molar-refractivity contribution in [3.8, 4) is 0 Å². The summed E-state index contributed by atoms with van der Waals surface area (Å²) in [6.07, 6.45) is -0.398. The zero-order valence-corrected chi connectivity index (χ0v) is 9.54. The van der Waals surface area contributed by atoms with Crippen molar-refractivity contribution in [1.82, 2.24) is 5.32 Å². The first-order valence-electron chi connectivity index (χ1n) is 5.32. The van der Waals surface area contributed by atoms with Crippen molar-refractivity contribution in [3.05, 3.63) is 34.9 Å². The summed E-state index contributed by atoms with van der Waals surface area (Å²) >= 11 is 0. The maximum absolute atomic E-state index is 11.2. The Bertz CT molecular complexity index is 431. The molecule has 16 heavy (non-hydrogen) atoms. The highest BCUT2D eigenvalue weighted by Crippen LogP contribution is 2.30. The second kappa shape index (κ2) is 3.79. The van der Waals surface area contributed by atoms with E-state index in [2.05, 4.69) is 11.4 Å². The van der Waals surface area contributed by atoms with E-state index in [9.17, 15) is 4.79 Å². The number of hydrogen-bond donors (Lipinski definition) is 2. The summed E-state index contributed by atoms with van der Waals surface area (Å²) in [7, 11) is 0. The molecule has 0 radical (unpaired) electrons. The molecule has 1 aromatic carbocycles. The van der Waals surface area contributed by atoms with Crippen molar-refractivity contribution in [2.45, 2.75) is 19.4 Å². The molecule has 0 spiro atoms. The highest BCUT2D eigenvalue weighted by molar-refractivity contribution is 5.71. The summed E-state index contributed by atoms with van der Waals surface area (Å²) in [6, 6.07) is 6.06. The van der Waals surface area contributed by atoms with Gasteiger partial charge in [0.05, 0.1) is 6.54 Å². The molecule has 86 valence electrons. The molecule has 4 nitrogen and oxygen atoms in total. The average Bonchev–Trinajstić information content (AvgIpc) is 2.61. The Balaban J connectivity index is 2.45. The van der Waals surface area contributed by atoms with Crippen molar-refractivity contribution < 1.29 is 9.53 Å². The minimum absolute atomic E-state index is 0.287. The molecule has 1 aromatic rings. The van der Waals surface area contributed by atoms with Gasteiger partial charge in [-0.3, -0.25) is 0 Å². The summed E-state index contributed by atoms with van der Waals surface area (Å²) < 4.78 is 5.33. The minimum atomic E-state index is -0.700. The molecule has 0 aromatic heterocycles. The van der Waals surface area contributed by atoms with Gasteiger partial charge in [-0.25, -0.2) is 4.79 Å². The zero-order valence-electron chi connectivity index (χ0n) is 9.54. The molecule has 3 N–H and O–H groups in total. The second-order valence-electron chi connectivity index (χ2n) is 4.26. The number of nitrogens with two attached hydrogens (primary N) is 1. The zero-order chi connectivity index (χ0) is 11.8. The lowest BCUT2D eigenvalue weighted by molar-refractivity contribution is 0.0612. The lowest BCUT2D eigenvalue weighted by Crippen LogP contribution is -2.39. The fourth-order valence-electron chi connectivity index (χ4n) is 2.16. The molecular weight excluding hydrogens is 204 g/mol. The molecule has 2 rings (SSSR count). The third kappa shape index (κ3) is 1.65. The van der Waals surface area contributed by atoms with Crippen LogP contribution in [0.5, 0.6) is 0 Å². The highest BCUT2D eigenvalue weighted by Gasteiger charge is 2.41. The van der Waals surface area contributed by atoms with E-state index in [0.717, 1.165) is 11.1 Å². The molecule has 1 aliphatic rings. The first-order valence-corrected chi connectivity index (χ1v) is 5.32. The predicted octanol–water partition coefficient (Wildman–Crippen LogP) is 1.20. The number of hydrogen-bond acceptors (Lipinski definition) is 3. The van der Waals surface area contributed by atoms with Gasteiger partial charge in [-0.1, -0.05) is 23.8 Å². The predicted molar refractivity (Wildman–Crippen MR) is 61.1 cm³/mol. The average molecular weight is 220 g/mol. The van der Waals surface area contributed by atoms with E-state index in [0.29, 0.717) is 6.54 Å². The van der Waals surface area contributed by atoms with Crippen LogP contribution in [0.25, 0.3) is 0 Å². The van der Waals surface area contributed by atoms with Crippen LogP contribution in [-0.4, -0.2) is 19.2 Å². The maximum atomic E-state index is 11.2. The molecule has 1 amide bonds. The molecule has 1 atom stereocenters. The number of amides is 1. The van der Waals surface area contributed by atoms with E-state index in [1.165, 1.54) is 5.56 Å². The molecule has 1 fully saturated rings. The lowest BCUT2D eigenvalue weighted by Gasteiger charge is -2.26. The van der Waals surface area contributed by atoms with Crippen LogP contribution in [0.2, 0.25) is 0 Å². The number of rotatable bonds is 2. The van der Waals surface area contributed by atoms with Crippen LogP contribution in [0, 0.1) is 13.8 Å². The number of alkyl carbamates (subject to hydrolysis) is 1. The van der Waals surface area contributed by atoms with Gasteiger partial charge in [-0.2, -0.15) is 0 Å². The van der Waals surface area contributed by atoms with Gasteiger partial charge >= 0.3 is 6.09 Å². The van der Waals surface area contributed by atoms with Gasteiger partial charge in [0.15, 0.2) is 5.60 Å². The van der Waals surface area contributed by atoms with Crippen molar-refractivity contribution in [3.63, 3.8) is 0 Å². The van der Waals surface area contributed by atoms with Gasteiger partial charge in [-0.05, 0) is 19.4 Å². The Kier molecular flexibility index (Phi) is 2.59. The number of benzene rings is 1. The van der Waals surface area contributed by atoms with Gasteiger partial charge in [-0.15, -0.1) is 0 Å². The van der Waals surface area contributed by atoms with Crippen molar-refractivity contribution >= 4 is 6.09 Å². The van der Waals surface area contributed by atoms with Gasteiger partial charge in [0.25, 0.3) is 0 Å². The first kappa shape index (κ1) is 11.0. The van der Waals surface area contributed by atoms with E-state index in [-0.39, 0.29) is 6.54 Å². The Labute approximate surface area is 94.8 Å². The number of cyclic esters (lactones) is 1. The number of carbonyl (C=O) groups is 1. The number of nitrogens with one attached hydrogen (secondary N) is 1. The fraction of sp³-hybridized carbons (Fsp3) is 0.417. The van der Waals surface area contributed by atoms with E-state index < -0.39 is 11.7 Å². The molecule has 0 aliphatic carbocycles. The highest BCUT2D eigenvalue weighted by atomic mass is 16.6. The largest absolute Gasteiger partial charge is 0.435 e. The third-order valence-corrected chi connectivity index (χ3v) is 3.01. The standard InChI is InChI=1S/C12H16N2O2/c1-8-3-4-10(9(2)5-8)12(6-13)7-14-11(15)16-12/h3-5H,6-7,13H2,1-2H3,(H,14,15). The summed E-state index contributed by atoms with van der Waals surface area (Å²) in [5.74, 6) is 0. The van der Waals surface area contributed by atoms with Crippen molar-refractivity contribution in [2.24, 2.45) is 5.73 Å². The molecule has 1 unspecified atom stereocenters. The van der Waals surface area contributed by atoms with Gasteiger partial charge in [0.2, 0.25) is 0 Å². The van der Waals surface area contributed by atoms with Gasteiger partial charge in [0, 0.05) is 12.1 Å². The number of aryl methyl sites for hydroxylation is 2. The monoisotopic (exact) mass is 220 g/mol. The van der Waals surface area contributed by atoms with Gasteiger partial charge < -0.3 is 15.8 Å². The van der Waals surface area contributed by atoms with E-state index in [4.69, 9.17) is 10.5 Å². The summed E-state index contributed by atoms with van der Waals surface area (Å²) in [6.45, 7) is 4.76. The quantitative estimate of drug-likeness (QED) is 0.787. The second-order valence-corrected chi connectivity index (χ2v) is 4.26. The molecular formula is C12H16N2O2. The molecule has 1 aliphatic heterocycles. The number of carbonyl (C=O) groups excluding carboxylic acids is 1. The van der Waals surface area contributed by atoms with E-state index >= 15 is 0 Å². The Morgan fingerprint density at radius 3 is 2.75 bits per heavy atom. The van der Waals surface area contributed by atoms with Crippen LogP contribution in [0.4, 0.5) is 4.79 Å². The van der Waals surface area contributed by atoms with Crippen LogP contribution in [-0.2, 0) is 10.3 Å². The third-order valence-electron chi connectivity index (χ3n) is 3.01. The van der Waals surface area contributed by atoms with Crippen molar-refractivity contribution in [1.29, 1.82) is 0 Å². The van der Waals surface area contributed by atoms with Crippen LogP contribution in [0.3, 0.4) is 0 Å². The smallest absolute Gasteiger partial charge is 0.408 e.